The monoisotopic (exact) mass is 600 g/mol. The van der Waals surface area contributed by atoms with E-state index < -0.39 is 20.0 Å². The third kappa shape index (κ3) is 6.89. The lowest BCUT2D eigenvalue weighted by Gasteiger charge is -2.34. The van der Waals surface area contributed by atoms with Gasteiger partial charge in [-0.05, 0) is 76.3 Å². The molecule has 0 aliphatic carbocycles. The molecule has 4 atom stereocenters. The van der Waals surface area contributed by atoms with E-state index in [1.807, 2.05) is 27.7 Å². The van der Waals surface area contributed by atoms with E-state index in [1.54, 1.807) is 36.4 Å². The van der Waals surface area contributed by atoms with Gasteiger partial charge in [-0.3, -0.25) is 4.79 Å². The highest BCUT2D eigenvalue weighted by Gasteiger charge is 2.34. The van der Waals surface area contributed by atoms with Crippen LogP contribution in [0.4, 0.5) is 0 Å². The summed E-state index contributed by atoms with van der Waals surface area (Å²) in [5.41, 5.74) is 0. The normalized spacial score (nSPS) is 26.4. The second-order valence-corrected chi connectivity index (χ2v) is 16.1. The van der Waals surface area contributed by atoms with Crippen LogP contribution in [0.15, 0.2) is 44.8 Å². The van der Waals surface area contributed by atoms with Gasteiger partial charge in [-0.1, -0.05) is 0 Å². The van der Waals surface area contributed by atoms with Crippen LogP contribution in [0, 0.1) is 0 Å². The molecule has 0 bridgehead atoms. The van der Waals surface area contributed by atoms with Crippen LogP contribution in [-0.2, 0) is 34.3 Å². The Kier molecular flexibility index (Phi) is 9.09. The van der Waals surface area contributed by atoms with Gasteiger partial charge in [0.2, 0.25) is 0 Å². The average Bonchev–Trinajstić information content (AvgIpc) is 3.51. The Balaban J connectivity index is 1.38. The van der Waals surface area contributed by atoms with Gasteiger partial charge in [-0.2, -0.15) is 8.61 Å². The summed E-state index contributed by atoms with van der Waals surface area (Å²) in [6.07, 6.45) is 5.16. The highest BCUT2D eigenvalue weighted by molar-refractivity contribution is 7.91. The SMILES string of the molecule is C[C@@H]1CN(S(=O)(=O)c2ccc(/C=C/C(=O)/C=C/c3ccc(S(=O)(=O)N4C[C@@H](C)O[C@@H](C)C4)s3)s2)C[C@H](C)O1. The maximum atomic E-state index is 13.0. The molecule has 2 aromatic rings. The van der Waals surface area contributed by atoms with E-state index in [-0.39, 0.29) is 38.6 Å². The molecule has 4 heterocycles. The lowest BCUT2D eigenvalue weighted by Crippen LogP contribution is -2.47. The Hall–Kier alpha value is -1.71. The molecular weight excluding hydrogens is 569 g/mol. The number of hydrogen-bond donors (Lipinski definition) is 0. The second kappa shape index (κ2) is 11.8. The van der Waals surface area contributed by atoms with Crippen LogP contribution in [0.2, 0.25) is 0 Å². The fourth-order valence-electron chi connectivity index (χ4n) is 4.42. The summed E-state index contributed by atoms with van der Waals surface area (Å²) in [7, 11) is -7.27. The first kappa shape index (κ1) is 29.3. The topological polar surface area (TPSA) is 110 Å². The lowest BCUT2D eigenvalue weighted by molar-refractivity contribution is -0.110. The zero-order valence-corrected chi connectivity index (χ0v) is 24.9. The highest BCUT2D eigenvalue weighted by atomic mass is 32.3. The van der Waals surface area contributed by atoms with Crippen molar-refractivity contribution in [2.75, 3.05) is 26.2 Å². The summed E-state index contributed by atoms with van der Waals surface area (Å²) in [4.78, 5) is 13.7. The van der Waals surface area contributed by atoms with Gasteiger partial charge in [0.15, 0.2) is 5.78 Å². The maximum Gasteiger partial charge on any atom is 0.252 e. The third-order valence-electron chi connectivity index (χ3n) is 5.99. The first-order chi connectivity index (χ1) is 17.8. The molecule has 0 spiro atoms. The van der Waals surface area contributed by atoms with Crippen LogP contribution in [0.25, 0.3) is 12.2 Å². The van der Waals surface area contributed by atoms with Crippen LogP contribution in [0.5, 0.6) is 0 Å². The van der Waals surface area contributed by atoms with Crippen LogP contribution < -0.4 is 0 Å². The summed E-state index contributed by atoms with van der Waals surface area (Å²) in [6.45, 7) is 8.60. The Morgan fingerprint density at radius 3 is 1.39 bits per heavy atom. The van der Waals surface area contributed by atoms with E-state index in [0.717, 1.165) is 22.7 Å². The molecule has 38 heavy (non-hydrogen) atoms. The molecule has 0 unspecified atom stereocenters. The average molecular weight is 601 g/mol. The molecule has 4 rings (SSSR count). The smallest absolute Gasteiger partial charge is 0.252 e. The minimum Gasteiger partial charge on any atom is -0.373 e. The van der Waals surface area contributed by atoms with Gasteiger partial charge in [0.05, 0.1) is 24.4 Å². The van der Waals surface area contributed by atoms with Crippen molar-refractivity contribution in [3.8, 4) is 0 Å². The molecular formula is C25H32N2O7S4. The minimum atomic E-state index is -3.64. The van der Waals surface area contributed by atoms with E-state index in [9.17, 15) is 21.6 Å². The zero-order valence-electron chi connectivity index (χ0n) is 21.6. The number of thiophene rings is 2. The van der Waals surface area contributed by atoms with Crippen molar-refractivity contribution in [1.82, 2.24) is 8.61 Å². The Morgan fingerprint density at radius 1 is 0.711 bits per heavy atom. The highest BCUT2D eigenvalue weighted by Crippen LogP contribution is 2.29. The molecule has 2 aromatic heterocycles. The predicted octanol–water partition coefficient (Wildman–Crippen LogP) is 3.70. The van der Waals surface area contributed by atoms with Crippen molar-refractivity contribution >= 4 is 60.7 Å². The van der Waals surface area contributed by atoms with Gasteiger partial charge in [-0.25, -0.2) is 16.8 Å². The molecule has 2 saturated heterocycles. The largest absolute Gasteiger partial charge is 0.373 e. The van der Waals surface area contributed by atoms with Crippen molar-refractivity contribution in [2.45, 2.75) is 60.5 Å². The lowest BCUT2D eigenvalue weighted by atomic mass is 10.3. The number of sulfonamides is 2. The van der Waals surface area contributed by atoms with Gasteiger partial charge in [-0.15, -0.1) is 22.7 Å². The van der Waals surface area contributed by atoms with Crippen molar-refractivity contribution in [3.63, 3.8) is 0 Å². The summed E-state index contributed by atoms with van der Waals surface area (Å²) in [5, 5.41) is 0. The third-order valence-corrected chi connectivity index (χ3v) is 12.7. The summed E-state index contributed by atoms with van der Waals surface area (Å²) >= 11 is 2.20. The van der Waals surface area contributed by atoms with Gasteiger partial charge in [0.1, 0.15) is 8.42 Å². The summed E-state index contributed by atoms with van der Waals surface area (Å²) in [6, 6.07) is 6.44. The van der Waals surface area contributed by atoms with E-state index in [1.165, 1.54) is 20.8 Å². The molecule has 0 aromatic carbocycles. The second-order valence-electron chi connectivity index (χ2n) is 9.54. The number of rotatable bonds is 8. The number of hydrogen-bond acceptors (Lipinski definition) is 9. The molecule has 9 nitrogen and oxygen atoms in total. The predicted molar refractivity (Wildman–Crippen MR) is 149 cm³/mol. The number of carbonyl (C=O) groups is 1. The van der Waals surface area contributed by atoms with Crippen molar-refractivity contribution in [1.29, 1.82) is 0 Å². The molecule has 13 heteroatoms. The first-order valence-corrected chi connectivity index (χ1v) is 16.8. The fraction of sp³-hybridized carbons (Fsp3) is 0.480. The van der Waals surface area contributed by atoms with Gasteiger partial charge in [0, 0.05) is 35.9 Å². The van der Waals surface area contributed by atoms with Crippen LogP contribution in [0.1, 0.15) is 37.4 Å². The zero-order chi connectivity index (χ0) is 27.7. The van der Waals surface area contributed by atoms with Crippen LogP contribution in [-0.4, -0.2) is 81.8 Å². The summed E-state index contributed by atoms with van der Waals surface area (Å²) < 4.78 is 66.7. The minimum absolute atomic E-state index is 0.177. The first-order valence-electron chi connectivity index (χ1n) is 12.3. The number of ether oxygens (including phenoxy) is 2. The van der Waals surface area contributed by atoms with Gasteiger partial charge < -0.3 is 9.47 Å². The molecule has 208 valence electrons. The number of ketones is 1. The number of allylic oxidation sites excluding steroid dienone is 2. The molecule has 0 radical (unpaired) electrons. The maximum absolute atomic E-state index is 13.0. The molecule has 0 saturated carbocycles. The Bertz CT molecular complexity index is 1300. The van der Waals surface area contributed by atoms with Gasteiger partial charge in [0.25, 0.3) is 20.0 Å². The van der Waals surface area contributed by atoms with E-state index in [2.05, 4.69) is 0 Å². The van der Waals surface area contributed by atoms with E-state index in [4.69, 9.17) is 9.47 Å². The Labute approximate surface area is 232 Å². The molecule has 2 aliphatic rings. The van der Waals surface area contributed by atoms with E-state index >= 15 is 0 Å². The van der Waals surface area contributed by atoms with E-state index in [0.29, 0.717) is 35.9 Å². The molecule has 0 amide bonds. The van der Waals surface area contributed by atoms with Crippen molar-refractivity contribution in [3.05, 3.63) is 46.2 Å². The van der Waals surface area contributed by atoms with Crippen LogP contribution in [0.3, 0.4) is 0 Å². The number of carbonyl (C=O) groups excluding carboxylic acids is 1. The standard InChI is InChI=1S/C25H32N2O7S4/c1-17-13-26(14-18(2)33-17)37(29,30)24-11-9-22(35-24)7-5-21(28)6-8-23-10-12-25(36-23)38(31,32)27-15-19(3)34-20(4)16-27/h5-12,17-20H,13-16H2,1-4H3/b7-5+,8-6+/t17-,18+,19-,20+. The number of morpholine rings is 2. The Morgan fingerprint density at radius 2 is 1.05 bits per heavy atom. The molecule has 0 N–H and O–H groups in total. The van der Waals surface area contributed by atoms with Crippen molar-refractivity contribution < 1.29 is 31.1 Å². The van der Waals surface area contributed by atoms with Crippen LogP contribution >= 0.6 is 22.7 Å². The fourth-order valence-corrected chi connectivity index (χ4v) is 10.4. The number of nitrogens with zero attached hydrogens (tertiary/aromatic N) is 2. The quantitative estimate of drug-likeness (QED) is 0.425. The summed E-state index contributed by atoms with van der Waals surface area (Å²) in [5.74, 6) is -0.299. The molecule has 2 fully saturated rings. The van der Waals surface area contributed by atoms with Gasteiger partial charge >= 0.3 is 0 Å². The van der Waals surface area contributed by atoms with Crippen molar-refractivity contribution in [2.24, 2.45) is 0 Å². The molecule has 2 aliphatic heterocycles.